The molecule has 1 atom stereocenters. The monoisotopic (exact) mass is 253 g/mol. The Morgan fingerprint density at radius 3 is 2.88 bits per heavy atom. The molecule has 1 aliphatic heterocycles. The number of hydrogen-bond acceptors (Lipinski definition) is 2. The molecule has 1 nitrogen and oxygen atoms in total. The standard InChI is InChI=1S/C14H20FNS/c1-10-4-5-12(15)13(6-10)16-11-7-14(2,3)9-17-8-11/h4-6,11,16H,7-9H2,1-3H3. The van der Waals surface area contributed by atoms with Gasteiger partial charge in [0, 0.05) is 11.8 Å². The van der Waals surface area contributed by atoms with E-state index < -0.39 is 0 Å². The molecule has 1 aromatic rings. The number of halogens is 1. The highest BCUT2D eigenvalue weighted by molar-refractivity contribution is 7.99. The molecular weight excluding hydrogens is 233 g/mol. The van der Waals surface area contributed by atoms with Gasteiger partial charge in [-0.3, -0.25) is 0 Å². The average molecular weight is 253 g/mol. The highest BCUT2D eigenvalue weighted by Gasteiger charge is 2.28. The molecule has 1 aromatic carbocycles. The highest BCUT2D eigenvalue weighted by Crippen LogP contribution is 2.35. The summed E-state index contributed by atoms with van der Waals surface area (Å²) in [5.41, 5.74) is 2.09. The van der Waals surface area contributed by atoms with Crippen molar-refractivity contribution in [2.75, 3.05) is 16.8 Å². The second-order valence-corrected chi connectivity index (χ2v) is 6.74. The van der Waals surface area contributed by atoms with Crippen LogP contribution >= 0.6 is 11.8 Å². The molecular formula is C14H20FNS. The smallest absolute Gasteiger partial charge is 0.146 e. The number of hydrogen-bond donors (Lipinski definition) is 1. The largest absolute Gasteiger partial charge is 0.379 e. The topological polar surface area (TPSA) is 12.0 Å². The van der Waals surface area contributed by atoms with Gasteiger partial charge >= 0.3 is 0 Å². The Kier molecular flexibility index (Phi) is 3.67. The molecule has 0 aliphatic carbocycles. The van der Waals surface area contributed by atoms with Crippen molar-refractivity contribution in [2.24, 2.45) is 5.41 Å². The normalized spacial score (nSPS) is 23.4. The lowest BCUT2D eigenvalue weighted by Gasteiger charge is -2.35. The minimum Gasteiger partial charge on any atom is -0.379 e. The SMILES string of the molecule is Cc1ccc(F)c(NC2CSCC(C)(C)C2)c1. The number of anilines is 1. The van der Waals surface area contributed by atoms with E-state index in [0.29, 0.717) is 17.1 Å². The van der Waals surface area contributed by atoms with Gasteiger partial charge in [0.1, 0.15) is 5.82 Å². The third-order valence-corrected chi connectivity index (χ3v) is 4.72. The van der Waals surface area contributed by atoms with Gasteiger partial charge in [0.15, 0.2) is 0 Å². The van der Waals surface area contributed by atoms with Crippen LogP contribution in [0.4, 0.5) is 10.1 Å². The summed E-state index contributed by atoms with van der Waals surface area (Å²) in [5, 5.41) is 3.35. The fourth-order valence-corrected chi connectivity index (χ4v) is 3.60. The molecule has 1 fully saturated rings. The van der Waals surface area contributed by atoms with Crippen molar-refractivity contribution in [1.29, 1.82) is 0 Å². The molecule has 0 aromatic heterocycles. The van der Waals surface area contributed by atoms with E-state index in [1.807, 2.05) is 24.8 Å². The summed E-state index contributed by atoms with van der Waals surface area (Å²) < 4.78 is 13.6. The van der Waals surface area contributed by atoms with E-state index >= 15 is 0 Å². The van der Waals surface area contributed by atoms with Gasteiger partial charge in [-0.05, 0) is 42.2 Å². The molecule has 0 bridgehead atoms. The van der Waals surface area contributed by atoms with E-state index in [9.17, 15) is 4.39 Å². The third kappa shape index (κ3) is 3.38. The molecule has 1 aliphatic rings. The van der Waals surface area contributed by atoms with Crippen LogP contribution in [0.25, 0.3) is 0 Å². The molecule has 3 heteroatoms. The first kappa shape index (κ1) is 12.7. The zero-order chi connectivity index (χ0) is 12.5. The minimum atomic E-state index is -0.149. The van der Waals surface area contributed by atoms with Gasteiger partial charge in [-0.1, -0.05) is 19.9 Å². The predicted octanol–water partition coefficient (Wildman–Crippen LogP) is 4.08. The summed E-state index contributed by atoms with van der Waals surface area (Å²) in [6, 6.07) is 5.61. The molecule has 94 valence electrons. The lowest BCUT2D eigenvalue weighted by molar-refractivity contribution is 0.357. The van der Waals surface area contributed by atoms with E-state index in [1.165, 1.54) is 5.75 Å². The van der Waals surface area contributed by atoms with Crippen molar-refractivity contribution in [2.45, 2.75) is 33.2 Å². The maximum atomic E-state index is 13.6. The van der Waals surface area contributed by atoms with Crippen molar-refractivity contribution in [3.8, 4) is 0 Å². The summed E-state index contributed by atoms with van der Waals surface area (Å²) in [6.45, 7) is 6.55. The Morgan fingerprint density at radius 2 is 2.18 bits per heavy atom. The first-order valence-corrected chi connectivity index (χ1v) is 7.22. The minimum absolute atomic E-state index is 0.149. The molecule has 1 unspecified atom stereocenters. The fourth-order valence-electron chi connectivity index (χ4n) is 2.32. The van der Waals surface area contributed by atoms with Gasteiger partial charge in [0.2, 0.25) is 0 Å². The Morgan fingerprint density at radius 1 is 1.41 bits per heavy atom. The average Bonchev–Trinajstić information content (AvgIpc) is 2.22. The highest BCUT2D eigenvalue weighted by atomic mass is 32.2. The van der Waals surface area contributed by atoms with Gasteiger partial charge in [-0.15, -0.1) is 0 Å². The van der Waals surface area contributed by atoms with Crippen LogP contribution in [0.15, 0.2) is 18.2 Å². The molecule has 2 rings (SSSR count). The first-order chi connectivity index (χ1) is 7.96. The fraction of sp³-hybridized carbons (Fsp3) is 0.571. The van der Waals surface area contributed by atoms with Crippen LogP contribution in [0.3, 0.4) is 0 Å². The van der Waals surface area contributed by atoms with Crippen LogP contribution in [0, 0.1) is 18.2 Å². The second kappa shape index (κ2) is 4.89. The molecule has 1 N–H and O–H groups in total. The molecule has 0 saturated carbocycles. The molecule has 1 heterocycles. The van der Waals surface area contributed by atoms with Gasteiger partial charge in [-0.2, -0.15) is 11.8 Å². The quantitative estimate of drug-likeness (QED) is 0.852. The number of aryl methyl sites for hydroxylation is 1. The summed E-state index contributed by atoms with van der Waals surface area (Å²) in [7, 11) is 0. The second-order valence-electron chi connectivity index (χ2n) is 5.71. The van der Waals surface area contributed by atoms with E-state index in [1.54, 1.807) is 12.1 Å². The van der Waals surface area contributed by atoms with Crippen LogP contribution in [-0.4, -0.2) is 17.5 Å². The summed E-state index contributed by atoms with van der Waals surface area (Å²) in [6.07, 6.45) is 1.10. The van der Waals surface area contributed by atoms with E-state index in [0.717, 1.165) is 17.7 Å². The lowest BCUT2D eigenvalue weighted by atomic mass is 9.87. The molecule has 0 spiro atoms. The molecule has 0 amide bonds. The van der Waals surface area contributed by atoms with Crippen LogP contribution in [0.2, 0.25) is 0 Å². The zero-order valence-electron chi connectivity index (χ0n) is 10.7. The van der Waals surface area contributed by atoms with Crippen molar-refractivity contribution < 1.29 is 4.39 Å². The predicted molar refractivity (Wildman–Crippen MR) is 74.3 cm³/mol. The third-order valence-electron chi connectivity index (χ3n) is 3.09. The molecule has 1 saturated heterocycles. The van der Waals surface area contributed by atoms with Crippen molar-refractivity contribution in [3.05, 3.63) is 29.6 Å². The Balaban J connectivity index is 2.07. The summed E-state index contributed by atoms with van der Waals surface area (Å²) in [4.78, 5) is 0. The maximum Gasteiger partial charge on any atom is 0.146 e. The van der Waals surface area contributed by atoms with Crippen molar-refractivity contribution >= 4 is 17.4 Å². The zero-order valence-corrected chi connectivity index (χ0v) is 11.5. The molecule has 0 radical (unpaired) electrons. The Hall–Kier alpha value is -0.700. The maximum absolute atomic E-state index is 13.6. The summed E-state index contributed by atoms with van der Waals surface area (Å²) in [5.74, 6) is 2.11. The Labute approximate surface area is 107 Å². The van der Waals surface area contributed by atoms with Gasteiger partial charge in [0.25, 0.3) is 0 Å². The molecule has 17 heavy (non-hydrogen) atoms. The van der Waals surface area contributed by atoms with Crippen LogP contribution in [0.1, 0.15) is 25.8 Å². The van der Waals surface area contributed by atoms with E-state index in [-0.39, 0.29) is 5.82 Å². The Bertz CT molecular complexity index is 403. The first-order valence-electron chi connectivity index (χ1n) is 6.07. The van der Waals surface area contributed by atoms with Crippen LogP contribution < -0.4 is 5.32 Å². The number of thioether (sulfide) groups is 1. The number of benzene rings is 1. The number of nitrogens with one attached hydrogen (secondary N) is 1. The lowest BCUT2D eigenvalue weighted by Crippen LogP contribution is -2.35. The van der Waals surface area contributed by atoms with Crippen LogP contribution in [0.5, 0.6) is 0 Å². The van der Waals surface area contributed by atoms with Crippen molar-refractivity contribution in [3.63, 3.8) is 0 Å². The van der Waals surface area contributed by atoms with Gasteiger partial charge in [0.05, 0.1) is 5.69 Å². The van der Waals surface area contributed by atoms with Gasteiger partial charge in [-0.25, -0.2) is 4.39 Å². The van der Waals surface area contributed by atoms with E-state index in [4.69, 9.17) is 0 Å². The van der Waals surface area contributed by atoms with Crippen LogP contribution in [-0.2, 0) is 0 Å². The van der Waals surface area contributed by atoms with E-state index in [2.05, 4.69) is 19.2 Å². The summed E-state index contributed by atoms with van der Waals surface area (Å²) >= 11 is 1.95. The number of rotatable bonds is 2. The van der Waals surface area contributed by atoms with Gasteiger partial charge < -0.3 is 5.32 Å². The van der Waals surface area contributed by atoms with Crippen molar-refractivity contribution in [1.82, 2.24) is 0 Å².